The summed E-state index contributed by atoms with van der Waals surface area (Å²) >= 11 is 0. The van der Waals surface area contributed by atoms with Gasteiger partial charge in [0.2, 0.25) is 5.91 Å². The van der Waals surface area contributed by atoms with Gasteiger partial charge in [0.25, 0.3) is 0 Å². The van der Waals surface area contributed by atoms with E-state index >= 15 is 0 Å². The second kappa shape index (κ2) is 6.65. The zero-order valence-corrected chi connectivity index (χ0v) is 16.4. The molecule has 5 rings (SSSR count). The van der Waals surface area contributed by atoms with Crippen LogP contribution in [0.3, 0.4) is 0 Å². The number of fused-ring (bicyclic) bond motifs is 2. The van der Waals surface area contributed by atoms with Gasteiger partial charge in [0, 0.05) is 29.8 Å². The van der Waals surface area contributed by atoms with Gasteiger partial charge in [-0.05, 0) is 49.7 Å². The molecule has 150 valence electrons. The lowest BCUT2D eigenvalue weighted by Crippen LogP contribution is -2.24. The number of aryl methyl sites for hydroxylation is 1. The van der Waals surface area contributed by atoms with Gasteiger partial charge in [0.05, 0.1) is 17.4 Å². The number of aromatic nitrogens is 2. The van der Waals surface area contributed by atoms with Crippen LogP contribution in [-0.2, 0) is 4.79 Å². The van der Waals surface area contributed by atoms with E-state index < -0.39 is 11.6 Å². The molecule has 1 aromatic heterocycles. The smallest absolute Gasteiger partial charge is 0.227 e. The minimum absolute atomic E-state index is 0.0432. The topological polar surface area (TPSA) is 46.9 Å². The van der Waals surface area contributed by atoms with Crippen LogP contribution in [0.4, 0.5) is 14.5 Å². The van der Waals surface area contributed by atoms with Gasteiger partial charge in [-0.1, -0.05) is 24.6 Å². The number of rotatable bonds is 4. The second-order valence-corrected chi connectivity index (χ2v) is 8.58. The first-order valence-corrected chi connectivity index (χ1v) is 10.1. The number of carbonyl (C=O) groups is 1. The molecule has 3 aromatic rings. The van der Waals surface area contributed by atoms with Crippen LogP contribution in [0.25, 0.3) is 11.0 Å². The van der Waals surface area contributed by atoms with Gasteiger partial charge in [-0.3, -0.25) is 4.79 Å². The van der Waals surface area contributed by atoms with Gasteiger partial charge in [-0.2, -0.15) is 0 Å². The third-order valence-corrected chi connectivity index (χ3v) is 6.81. The molecule has 1 amide bonds. The molecule has 5 atom stereocenters. The predicted molar refractivity (Wildman–Crippen MR) is 107 cm³/mol. The molecule has 1 heterocycles. The summed E-state index contributed by atoms with van der Waals surface area (Å²) in [5.41, 5.74) is 3.10. The Bertz CT molecular complexity index is 1080. The van der Waals surface area contributed by atoms with Crippen LogP contribution in [0, 0.1) is 42.2 Å². The van der Waals surface area contributed by atoms with Gasteiger partial charge >= 0.3 is 0 Å². The van der Waals surface area contributed by atoms with E-state index in [1.54, 1.807) is 6.33 Å². The molecule has 2 fully saturated rings. The Labute approximate surface area is 167 Å². The normalized spacial score (nSPS) is 26.3. The number of hydrogen-bond donors (Lipinski definition) is 1. The summed E-state index contributed by atoms with van der Waals surface area (Å²) in [5.74, 6) is -0.301. The molecular formula is C23H23F2N3O. The van der Waals surface area contributed by atoms with E-state index in [1.807, 2.05) is 42.7 Å². The van der Waals surface area contributed by atoms with Crippen molar-refractivity contribution in [2.24, 2.45) is 23.7 Å². The molecule has 2 saturated carbocycles. The van der Waals surface area contributed by atoms with E-state index in [-0.39, 0.29) is 17.9 Å². The fourth-order valence-corrected chi connectivity index (χ4v) is 5.21. The number of imidazole rings is 1. The summed E-state index contributed by atoms with van der Waals surface area (Å²) in [6.07, 6.45) is 3.57. The van der Waals surface area contributed by atoms with Crippen LogP contribution < -0.4 is 5.32 Å². The van der Waals surface area contributed by atoms with Crippen molar-refractivity contribution >= 4 is 22.6 Å². The summed E-state index contributed by atoms with van der Waals surface area (Å²) in [7, 11) is 0. The summed E-state index contributed by atoms with van der Waals surface area (Å²) < 4.78 is 29.1. The van der Waals surface area contributed by atoms with Gasteiger partial charge in [-0.15, -0.1) is 0 Å². The molecule has 3 unspecified atom stereocenters. The quantitative estimate of drug-likeness (QED) is 0.668. The number of halogens is 2. The monoisotopic (exact) mass is 395 g/mol. The molecule has 0 aliphatic heterocycles. The lowest BCUT2D eigenvalue weighted by molar-refractivity contribution is -0.120. The zero-order chi connectivity index (χ0) is 20.3. The fourth-order valence-electron chi connectivity index (χ4n) is 5.21. The van der Waals surface area contributed by atoms with E-state index in [0.717, 1.165) is 30.2 Å². The first-order chi connectivity index (χ1) is 13.9. The van der Waals surface area contributed by atoms with Crippen LogP contribution in [0.5, 0.6) is 0 Å². The van der Waals surface area contributed by atoms with Gasteiger partial charge in [-0.25, -0.2) is 13.8 Å². The lowest BCUT2D eigenvalue weighted by atomic mass is 9.96. The van der Waals surface area contributed by atoms with Crippen molar-refractivity contribution in [2.75, 3.05) is 5.32 Å². The maximum absolute atomic E-state index is 13.7. The first kappa shape index (κ1) is 18.3. The Balaban J connectivity index is 1.25. The minimum Gasteiger partial charge on any atom is -0.327 e. The molecule has 0 spiro atoms. The highest BCUT2D eigenvalue weighted by Crippen LogP contribution is 2.64. The van der Waals surface area contributed by atoms with Crippen molar-refractivity contribution in [1.29, 1.82) is 0 Å². The van der Waals surface area contributed by atoms with Crippen LogP contribution in [-0.4, -0.2) is 15.5 Å². The maximum Gasteiger partial charge on any atom is 0.227 e. The van der Waals surface area contributed by atoms with Crippen molar-refractivity contribution in [3.05, 3.63) is 59.9 Å². The third-order valence-electron chi connectivity index (χ3n) is 6.81. The Morgan fingerprint density at radius 1 is 1.14 bits per heavy atom. The molecule has 0 saturated heterocycles. The lowest BCUT2D eigenvalue weighted by Gasteiger charge is -2.20. The molecule has 0 bridgehead atoms. The van der Waals surface area contributed by atoms with Crippen molar-refractivity contribution in [1.82, 2.24) is 9.55 Å². The zero-order valence-electron chi connectivity index (χ0n) is 16.4. The summed E-state index contributed by atoms with van der Waals surface area (Å²) in [5, 5.41) is 3.02. The van der Waals surface area contributed by atoms with Crippen LogP contribution in [0.15, 0.2) is 42.7 Å². The molecular weight excluding hydrogens is 372 g/mol. The standard InChI is InChI=1S/C23H23F2N3O/c1-12-3-5-14(6-4-12)27-23(29)13(2)22-16-7-15(8-17(16)22)28-11-26-20-9-18(24)19(25)10-21(20)28/h3-6,9-11,13,15-17,22H,7-8H2,1-2H3,(H,27,29)/t13?,15?,16-,17+,22?. The highest BCUT2D eigenvalue weighted by Gasteiger charge is 2.59. The van der Waals surface area contributed by atoms with E-state index in [9.17, 15) is 13.6 Å². The predicted octanol–water partition coefficient (Wildman–Crippen LogP) is 5.09. The number of benzene rings is 2. The van der Waals surface area contributed by atoms with E-state index in [4.69, 9.17) is 0 Å². The fraction of sp³-hybridized carbons (Fsp3) is 0.391. The van der Waals surface area contributed by atoms with Crippen LogP contribution in [0.1, 0.15) is 31.4 Å². The molecule has 6 heteroatoms. The molecule has 2 aliphatic rings. The third kappa shape index (κ3) is 3.11. The number of nitrogens with zero attached hydrogens (tertiary/aromatic N) is 2. The summed E-state index contributed by atoms with van der Waals surface area (Å²) in [6, 6.07) is 10.4. The molecule has 29 heavy (non-hydrogen) atoms. The maximum atomic E-state index is 13.7. The van der Waals surface area contributed by atoms with Gasteiger partial charge in [0.15, 0.2) is 11.6 Å². The molecule has 2 aliphatic carbocycles. The van der Waals surface area contributed by atoms with Crippen LogP contribution >= 0.6 is 0 Å². The Hall–Kier alpha value is -2.76. The van der Waals surface area contributed by atoms with E-state index in [2.05, 4.69) is 10.3 Å². The molecule has 0 radical (unpaired) electrons. The van der Waals surface area contributed by atoms with Gasteiger partial charge in [0.1, 0.15) is 0 Å². The SMILES string of the molecule is Cc1ccc(NC(=O)C(C)C2[C@H]3CC(n4cnc5cc(F)c(F)cc54)C[C@@H]23)cc1. The average Bonchev–Trinajstić information content (AvgIpc) is 3.02. The van der Waals surface area contributed by atoms with Crippen molar-refractivity contribution < 1.29 is 13.6 Å². The second-order valence-electron chi connectivity index (χ2n) is 8.58. The summed E-state index contributed by atoms with van der Waals surface area (Å²) in [6.45, 7) is 4.02. The highest BCUT2D eigenvalue weighted by atomic mass is 19.2. The number of anilines is 1. The minimum atomic E-state index is -0.870. The Kier molecular flexibility index (Phi) is 4.19. The van der Waals surface area contributed by atoms with Crippen LogP contribution in [0.2, 0.25) is 0 Å². The molecule has 2 aromatic carbocycles. The van der Waals surface area contributed by atoms with Gasteiger partial charge < -0.3 is 9.88 Å². The van der Waals surface area contributed by atoms with Crippen molar-refractivity contribution in [2.45, 2.75) is 32.7 Å². The van der Waals surface area contributed by atoms with Crippen molar-refractivity contribution in [3.63, 3.8) is 0 Å². The van der Waals surface area contributed by atoms with E-state index in [1.165, 1.54) is 6.07 Å². The number of carbonyl (C=O) groups excluding carboxylic acids is 1. The van der Waals surface area contributed by atoms with Crippen molar-refractivity contribution in [3.8, 4) is 0 Å². The largest absolute Gasteiger partial charge is 0.327 e. The number of amides is 1. The summed E-state index contributed by atoms with van der Waals surface area (Å²) in [4.78, 5) is 16.9. The molecule has 4 nitrogen and oxygen atoms in total. The first-order valence-electron chi connectivity index (χ1n) is 10.1. The average molecular weight is 395 g/mol. The highest BCUT2D eigenvalue weighted by molar-refractivity contribution is 5.92. The number of hydrogen-bond acceptors (Lipinski definition) is 2. The Morgan fingerprint density at radius 3 is 2.48 bits per heavy atom. The van der Waals surface area contributed by atoms with E-state index in [0.29, 0.717) is 28.8 Å². The Morgan fingerprint density at radius 2 is 1.79 bits per heavy atom. The number of nitrogens with one attached hydrogen (secondary N) is 1. The molecule has 1 N–H and O–H groups in total.